The van der Waals surface area contributed by atoms with Gasteiger partial charge in [0, 0.05) is 19.7 Å². The number of nitrogens with two attached hydrogens (primary N) is 1. The molecule has 0 atom stereocenters. The Labute approximate surface area is 120 Å². The Hall–Kier alpha value is -1.40. The second kappa shape index (κ2) is 8.01. The molecule has 0 aliphatic heterocycles. The average molecular weight is 280 g/mol. The molecule has 112 valence electrons. The van der Waals surface area contributed by atoms with Crippen LogP contribution in [0.5, 0.6) is 0 Å². The van der Waals surface area contributed by atoms with Crippen LogP contribution in [-0.4, -0.2) is 36.3 Å². The zero-order valence-electron chi connectivity index (χ0n) is 12.1. The van der Waals surface area contributed by atoms with Crippen LogP contribution >= 0.6 is 0 Å². The van der Waals surface area contributed by atoms with Crippen LogP contribution in [0.25, 0.3) is 0 Å². The van der Waals surface area contributed by atoms with Gasteiger partial charge in [-0.25, -0.2) is 9.97 Å². The van der Waals surface area contributed by atoms with E-state index >= 15 is 0 Å². The lowest BCUT2D eigenvalue weighted by Crippen LogP contribution is -2.21. The predicted molar refractivity (Wildman–Crippen MR) is 78.5 cm³/mol. The van der Waals surface area contributed by atoms with Gasteiger partial charge >= 0.3 is 0 Å². The molecule has 6 nitrogen and oxygen atoms in total. The summed E-state index contributed by atoms with van der Waals surface area (Å²) in [5, 5.41) is 3.21. The molecule has 1 saturated carbocycles. The molecule has 0 spiro atoms. The Morgan fingerprint density at radius 3 is 2.85 bits per heavy atom. The van der Waals surface area contributed by atoms with Gasteiger partial charge in [0.1, 0.15) is 18.2 Å². The van der Waals surface area contributed by atoms with Crippen molar-refractivity contribution in [1.82, 2.24) is 9.97 Å². The van der Waals surface area contributed by atoms with Crippen molar-refractivity contribution in [1.29, 1.82) is 0 Å². The summed E-state index contributed by atoms with van der Waals surface area (Å²) >= 11 is 0. The van der Waals surface area contributed by atoms with E-state index in [1.165, 1.54) is 32.1 Å². The summed E-state index contributed by atoms with van der Waals surface area (Å²) in [7, 11) is 1.61. The molecule has 1 aromatic rings. The summed E-state index contributed by atoms with van der Waals surface area (Å²) in [6, 6.07) is 1.72. The highest BCUT2D eigenvalue weighted by atomic mass is 16.5. The van der Waals surface area contributed by atoms with Crippen molar-refractivity contribution in [3.05, 3.63) is 11.9 Å². The first-order valence-electron chi connectivity index (χ1n) is 7.26. The van der Waals surface area contributed by atoms with Crippen LogP contribution in [0.1, 0.15) is 37.9 Å². The Balaban J connectivity index is 1.72. The number of ether oxygens (including phenoxy) is 2. The molecule has 0 unspecified atom stereocenters. The molecule has 3 N–H and O–H groups in total. The summed E-state index contributed by atoms with van der Waals surface area (Å²) in [6.07, 6.45) is 6.75. The first-order chi connectivity index (χ1) is 9.78. The third-order valence-corrected chi connectivity index (χ3v) is 3.38. The standard InChI is InChI=1S/C14H24N4O2/c1-19-10-14-17-12(15)9-13(18-14)16-7-8-20-11-5-3-2-4-6-11/h9,11H,2-8,10H2,1H3,(H3,15,16,17,18). The Morgan fingerprint density at radius 1 is 1.30 bits per heavy atom. The lowest BCUT2D eigenvalue weighted by atomic mass is 9.98. The number of methoxy groups -OCH3 is 1. The van der Waals surface area contributed by atoms with E-state index in [4.69, 9.17) is 15.2 Å². The number of anilines is 2. The highest BCUT2D eigenvalue weighted by Gasteiger charge is 2.13. The van der Waals surface area contributed by atoms with E-state index in [2.05, 4.69) is 15.3 Å². The van der Waals surface area contributed by atoms with Gasteiger partial charge < -0.3 is 20.5 Å². The van der Waals surface area contributed by atoms with Gasteiger partial charge in [-0.3, -0.25) is 0 Å². The minimum Gasteiger partial charge on any atom is -0.384 e. The second-order valence-corrected chi connectivity index (χ2v) is 5.08. The van der Waals surface area contributed by atoms with Crippen LogP contribution in [-0.2, 0) is 16.1 Å². The third-order valence-electron chi connectivity index (χ3n) is 3.38. The molecule has 0 amide bonds. The van der Waals surface area contributed by atoms with Gasteiger partial charge in [-0.1, -0.05) is 19.3 Å². The molecule has 0 bridgehead atoms. The molecule has 20 heavy (non-hydrogen) atoms. The van der Waals surface area contributed by atoms with E-state index in [9.17, 15) is 0 Å². The van der Waals surface area contributed by atoms with Crippen molar-refractivity contribution in [3.63, 3.8) is 0 Å². The molecule has 1 aliphatic carbocycles. The first kappa shape index (κ1) is 15.0. The maximum atomic E-state index is 5.85. The predicted octanol–water partition coefficient (Wildman–Crippen LogP) is 1.97. The van der Waals surface area contributed by atoms with Crippen LogP contribution in [0, 0.1) is 0 Å². The fourth-order valence-corrected chi connectivity index (χ4v) is 2.44. The van der Waals surface area contributed by atoms with Crippen LogP contribution in [0.4, 0.5) is 11.6 Å². The highest BCUT2D eigenvalue weighted by Crippen LogP contribution is 2.20. The van der Waals surface area contributed by atoms with E-state index in [-0.39, 0.29) is 0 Å². The number of nitrogens with zero attached hydrogens (tertiary/aromatic N) is 2. The fourth-order valence-electron chi connectivity index (χ4n) is 2.44. The zero-order chi connectivity index (χ0) is 14.2. The Bertz CT molecular complexity index is 408. The molecule has 6 heteroatoms. The lowest BCUT2D eigenvalue weighted by molar-refractivity contribution is 0.0347. The van der Waals surface area contributed by atoms with Crippen LogP contribution < -0.4 is 11.1 Å². The van der Waals surface area contributed by atoms with Gasteiger partial charge in [0.25, 0.3) is 0 Å². The SMILES string of the molecule is COCc1nc(N)cc(NCCOC2CCCCC2)n1. The van der Waals surface area contributed by atoms with Crippen molar-refractivity contribution in [3.8, 4) is 0 Å². The number of nitrogen functional groups attached to an aromatic ring is 1. The molecule has 1 aliphatic rings. The molecule has 0 aromatic carbocycles. The van der Waals surface area contributed by atoms with Crippen molar-refractivity contribution in [2.24, 2.45) is 0 Å². The summed E-state index contributed by atoms with van der Waals surface area (Å²) < 4.78 is 10.9. The minimum atomic E-state index is 0.359. The molecule has 1 heterocycles. The van der Waals surface area contributed by atoms with Crippen molar-refractivity contribution in [2.45, 2.75) is 44.8 Å². The van der Waals surface area contributed by atoms with Gasteiger partial charge in [-0.15, -0.1) is 0 Å². The smallest absolute Gasteiger partial charge is 0.158 e. The van der Waals surface area contributed by atoms with Gasteiger partial charge in [-0.2, -0.15) is 0 Å². The van der Waals surface area contributed by atoms with E-state index in [0.29, 0.717) is 31.0 Å². The summed E-state index contributed by atoms with van der Waals surface area (Å²) in [5.41, 5.74) is 5.73. The highest BCUT2D eigenvalue weighted by molar-refractivity contribution is 5.44. The molecular formula is C14H24N4O2. The van der Waals surface area contributed by atoms with Crippen molar-refractivity contribution < 1.29 is 9.47 Å². The van der Waals surface area contributed by atoms with Gasteiger partial charge in [0.15, 0.2) is 5.82 Å². The van der Waals surface area contributed by atoms with Crippen LogP contribution in [0.2, 0.25) is 0 Å². The Morgan fingerprint density at radius 2 is 2.10 bits per heavy atom. The fraction of sp³-hybridized carbons (Fsp3) is 0.714. The van der Waals surface area contributed by atoms with Crippen molar-refractivity contribution >= 4 is 11.6 Å². The number of hydrogen-bond donors (Lipinski definition) is 2. The van der Waals surface area contributed by atoms with Crippen LogP contribution in [0.3, 0.4) is 0 Å². The molecule has 2 rings (SSSR count). The molecule has 0 saturated heterocycles. The van der Waals surface area contributed by atoms with Gasteiger partial charge in [-0.05, 0) is 12.8 Å². The topological polar surface area (TPSA) is 82.3 Å². The van der Waals surface area contributed by atoms with Crippen LogP contribution in [0.15, 0.2) is 6.07 Å². The largest absolute Gasteiger partial charge is 0.384 e. The number of rotatable bonds is 7. The van der Waals surface area contributed by atoms with E-state index < -0.39 is 0 Å². The number of hydrogen-bond acceptors (Lipinski definition) is 6. The normalized spacial score (nSPS) is 16.2. The zero-order valence-corrected chi connectivity index (χ0v) is 12.1. The van der Waals surface area contributed by atoms with E-state index in [1.54, 1.807) is 13.2 Å². The number of aromatic nitrogens is 2. The summed E-state index contributed by atoms with van der Waals surface area (Å²) in [4.78, 5) is 8.42. The first-order valence-corrected chi connectivity index (χ1v) is 7.26. The van der Waals surface area contributed by atoms with Crippen molar-refractivity contribution in [2.75, 3.05) is 31.3 Å². The molecule has 0 radical (unpaired) electrons. The third kappa shape index (κ3) is 4.94. The molecule has 1 fully saturated rings. The van der Waals surface area contributed by atoms with E-state index in [1.807, 2.05) is 0 Å². The summed E-state index contributed by atoms with van der Waals surface area (Å²) in [5.74, 6) is 1.75. The second-order valence-electron chi connectivity index (χ2n) is 5.08. The lowest BCUT2D eigenvalue weighted by Gasteiger charge is -2.22. The molecular weight excluding hydrogens is 256 g/mol. The van der Waals surface area contributed by atoms with E-state index in [0.717, 1.165) is 12.4 Å². The maximum absolute atomic E-state index is 5.85. The monoisotopic (exact) mass is 280 g/mol. The van der Waals surface area contributed by atoms with Gasteiger partial charge in [0.2, 0.25) is 0 Å². The average Bonchev–Trinajstić information content (AvgIpc) is 2.45. The minimum absolute atomic E-state index is 0.359. The Kier molecular flexibility index (Phi) is 6.01. The van der Waals surface area contributed by atoms with Gasteiger partial charge in [0.05, 0.1) is 12.7 Å². The maximum Gasteiger partial charge on any atom is 0.158 e. The quantitative estimate of drug-likeness (QED) is 0.743. The number of nitrogens with one attached hydrogen (secondary N) is 1. The summed E-state index contributed by atoms with van der Waals surface area (Å²) in [6.45, 7) is 1.77. The molecule has 1 aromatic heterocycles.